The normalized spacial score (nSPS) is 26.5. The van der Waals surface area contributed by atoms with Crippen molar-refractivity contribution in [3.05, 3.63) is 24.3 Å². The third kappa shape index (κ3) is 27.3. The van der Waals surface area contributed by atoms with E-state index in [-0.39, 0.29) is 18.9 Å². The Hall–Kier alpha value is -1.53. The van der Waals surface area contributed by atoms with Gasteiger partial charge in [0.2, 0.25) is 5.91 Å². The third-order valence-electron chi connectivity index (χ3n) is 13.6. The summed E-state index contributed by atoms with van der Waals surface area (Å²) in [7, 11) is 0. The van der Waals surface area contributed by atoms with Gasteiger partial charge in [-0.2, -0.15) is 0 Å². The van der Waals surface area contributed by atoms with Gasteiger partial charge in [-0.05, 0) is 32.1 Å². The molecule has 0 radical (unpaired) electrons. The highest BCUT2D eigenvalue weighted by Crippen LogP contribution is 2.30. The summed E-state index contributed by atoms with van der Waals surface area (Å²) in [6.45, 7) is 2.74. The molecule has 0 aromatic carbocycles. The van der Waals surface area contributed by atoms with Crippen molar-refractivity contribution in [2.45, 2.75) is 293 Å². The van der Waals surface area contributed by atoms with Gasteiger partial charge in [0.15, 0.2) is 12.6 Å². The number of amides is 1. The molecule has 1 amide bonds. The molecule has 2 aliphatic rings. The fraction of sp³-hybridized carbons (Fsp3) is 0.907. The van der Waals surface area contributed by atoms with Crippen molar-refractivity contribution in [2.24, 2.45) is 0 Å². The van der Waals surface area contributed by atoms with Crippen LogP contribution in [0.25, 0.3) is 0 Å². The van der Waals surface area contributed by atoms with Gasteiger partial charge in [0.05, 0.1) is 32.0 Å². The Morgan fingerprint density at radius 2 is 0.941 bits per heavy atom. The SMILES string of the molecule is CCCCCC/C=C/CC/C=C/C(O)C(COC1OC(CO)C(OC2OC(CO)C(O)C(O)C2O)C(O)C1O)NC(=O)CCCCCCCCCCCCCCCCCCCCCCCCCC. The van der Waals surface area contributed by atoms with Gasteiger partial charge in [0.1, 0.15) is 48.8 Å². The van der Waals surface area contributed by atoms with Crippen LogP contribution in [0, 0.1) is 0 Å². The van der Waals surface area contributed by atoms with Crippen molar-refractivity contribution in [3.63, 3.8) is 0 Å². The Labute approximate surface area is 411 Å². The Kier molecular flexibility index (Phi) is 37.7. The van der Waals surface area contributed by atoms with Gasteiger partial charge in [-0.1, -0.05) is 205 Å². The molecule has 0 spiro atoms. The first-order valence-electron chi connectivity index (χ1n) is 27.6. The van der Waals surface area contributed by atoms with E-state index >= 15 is 0 Å². The van der Waals surface area contributed by atoms with Crippen LogP contribution in [-0.2, 0) is 23.7 Å². The minimum Gasteiger partial charge on any atom is -0.394 e. The van der Waals surface area contributed by atoms with Gasteiger partial charge >= 0.3 is 0 Å². The number of carbonyl (C=O) groups is 1. The maximum atomic E-state index is 13.2. The largest absolute Gasteiger partial charge is 0.394 e. The maximum Gasteiger partial charge on any atom is 0.220 e. The maximum absolute atomic E-state index is 13.2. The van der Waals surface area contributed by atoms with E-state index < -0.39 is 86.8 Å². The first-order valence-corrected chi connectivity index (χ1v) is 27.6. The van der Waals surface area contributed by atoms with Crippen LogP contribution < -0.4 is 5.32 Å². The van der Waals surface area contributed by atoms with E-state index in [1.165, 1.54) is 154 Å². The van der Waals surface area contributed by atoms with Gasteiger partial charge in [-0.25, -0.2) is 0 Å². The lowest BCUT2D eigenvalue weighted by Crippen LogP contribution is -2.65. The number of hydrogen-bond acceptors (Lipinski definition) is 13. The third-order valence-corrected chi connectivity index (χ3v) is 13.6. The van der Waals surface area contributed by atoms with E-state index in [9.17, 15) is 45.6 Å². The topological polar surface area (TPSA) is 228 Å². The number of aliphatic hydroxyl groups excluding tert-OH is 8. The van der Waals surface area contributed by atoms with Gasteiger partial charge in [0, 0.05) is 6.42 Å². The summed E-state index contributed by atoms with van der Waals surface area (Å²) in [6.07, 6.45) is 29.6. The van der Waals surface area contributed by atoms with E-state index in [1.54, 1.807) is 6.08 Å². The van der Waals surface area contributed by atoms with Gasteiger partial charge in [0.25, 0.3) is 0 Å². The van der Waals surface area contributed by atoms with Crippen LogP contribution in [0.4, 0.5) is 0 Å². The van der Waals surface area contributed by atoms with Crippen molar-refractivity contribution >= 4 is 5.91 Å². The second-order valence-electron chi connectivity index (χ2n) is 19.7. The summed E-state index contributed by atoms with van der Waals surface area (Å²) in [6, 6.07) is -0.925. The number of nitrogens with one attached hydrogen (secondary N) is 1. The average molecular weight is 972 g/mol. The van der Waals surface area contributed by atoms with E-state index in [0.29, 0.717) is 12.8 Å². The van der Waals surface area contributed by atoms with E-state index in [1.807, 2.05) is 6.08 Å². The molecule has 14 heteroatoms. The molecule has 400 valence electrons. The van der Waals surface area contributed by atoms with Crippen molar-refractivity contribution < 1.29 is 64.6 Å². The van der Waals surface area contributed by atoms with Crippen LogP contribution in [0.15, 0.2) is 24.3 Å². The quantitative estimate of drug-likeness (QED) is 0.0208. The molecule has 2 fully saturated rings. The number of unbranched alkanes of at least 4 members (excludes halogenated alkanes) is 28. The Balaban J connectivity index is 1.72. The van der Waals surface area contributed by atoms with Crippen LogP contribution >= 0.6 is 0 Å². The molecule has 2 heterocycles. The van der Waals surface area contributed by atoms with Crippen LogP contribution in [0.2, 0.25) is 0 Å². The van der Waals surface area contributed by atoms with Crippen LogP contribution in [0.1, 0.15) is 219 Å². The molecular weight excluding hydrogens is 871 g/mol. The van der Waals surface area contributed by atoms with Crippen molar-refractivity contribution in [2.75, 3.05) is 19.8 Å². The van der Waals surface area contributed by atoms with E-state index in [0.717, 1.165) is 32.1 Å². The summed E-state index contributed by atoms with van der Waals surface area (Å²) >= 11 is 0. The first kappa shape index (κ1) is 62.6. The van der Waals surface area contributed by atoms with Crippen molar-refractivity contribution in [3.8, 4) is 0 Å². The zero-order chi connectivity index (χ0) is 49.6. The minimum absolute atomic E-state index is 0.248. The summed E-state index contributed by atoms with van der Waals surface area (Å²) in [5.41, 5.74) is 0. The highest BCUT2D eigenvalue weighted by molar-refractivity contribution is 5.76. The molecule has 0 bridgehead atoms. The molecule has 12 unspecified atom stereocenters. The number of rotatable bonds is 43. The minimum atomic E-state index is -1.79. The van der Waals surface area contributed by atoms with Crippen LogP contribution in [-0.4, -0.2) is 140 Å². The zero-order valence-electron chi connectivity index (χ0n) is 42.6. The molecule has 9 N–H and O–H groups in total. The van der Waals surface area contributed by atoms with E-state index in [4.69, 9.17) is 18.9 Å². The summed E-state index contributed by atoms with van der Waals surface area (Å²) in [4.78, 5) is 13.2. The van der Waals surface area contributed by atoms with Gasteiger partial charge in [-0.3, -0.25) is 4.79 Å². The molecule has 68 heavy (non-hydrogen) atoms. The lowest BCUT2D eigenvalue weighted by molar-refractivity contribution is -0.359. The smallest absolute Gasteiger partial charge is 0.220 e. The zero-order valence-corrected chi connectivity index (χ0v) is 42.6. The summed E-state index contributed by atoms with van der Waals surface area (Å²) in [5, 5.41) is 86.7. The second-order valence-corrected chi connectivity index (χ2v) is 19.7. The summed E-state index contributed by atoms with van der Waals surface area (Å²) in [5.74, 6) is -0.248. The fourth-order valence-corrected chi connectivity index (χ4v) is 9.13. The standard InChI is InChI=1S/C54H101NO13/c1-3-5-7-9-11-13-15-16-17-18-19-20-21-22-23-24-25-26-27-28-30-32-34-36-38-46(59)55-42(43(58)37-35-33-31-29-14-12-10-8-6-4-2)41-65-53-51(64)49(62)52(45(40-57)67-53)68-54-50(63)48(61)47(60)44(39-56)66-54/h14,29,35,37,42-45,47-54,56-58,60-64H,3-13,15-28,30-34,36,38-41H2,1-2H3,(H,55,59)/b29-14+,37-35+. The van der Waals surface area contributed by atoms with Crippen LogP contribution in [0.5, 0.6) is 0 Å². The number of aliphatic hydroxyl groups is 8. The molecule has 0 aromatic rings. The lowest BCUT2D eigenvalue weighted by Gasteiger charge is -2.46. The number of carbonyl (C=O) groups excluding carboxylic acids is 1. The fourth-order valence-electron chi connectivity index (χ4n) is 9.13. The predicted molar refractivity (Wildman–Crippen MR) is 268 cm³/mol. The Morgan fingerprint density at radius 3 is 1.44 bits per heavy atom. The van der Waals surface area contributed by atoms with Gasteiger partial charge < -0.3 is 65.1 Å². The lowest BCUT2D eigenvalue weighted by atomic mass is 9.97. The molecule has 0 aromatic heterocycles. The predicted octanol–water partition coefficient (Wildman–Crippen LogP) is 8.11. The number of allylic oxidation sites excluding steroid dienone is 3. The van der Waals surface area contributed by atoms with E-state index in [2.05, 4.69) is 31.3 Å². The monoisotopic (exact) mass is 972 g/mol. The molecule has 12 atom stereocenters. The van der Waals surface area contributed by atoms with Crippen LogP contribution in [0.3, 0.4) is 0 Å². The molecule has 14 nitrogen and oxygen atoms in total. The highest BCUT2D eigenvalue weighted by atomic mass is 16.7. The van der Waals surface area contributed by atoms with Gasteiger partial charge in [-0.15, -0.1) is 0 Å². The second kappa shape index (κ2) is 41.0. The Bertz CT molecular complexity index is 1240. The van der Waals surface area contributed by atoms with Crippen molar-refractivity contribution in [1.82, 2.24) is 5.32 Å². The Morgan fingerprint density at radius 1 is 0.515 bits per heavy atom. The summed E-state index contributed by atoms with van der Waals surface area (Å²) < 4.78 is 22.7. The molecule has 0 saturated carbocycles. The highest BCUT2D eigenvalue weighted by Gasteiger charge is 2.51. The first-order chi connectivity index (χ1) is 33.1. The molecule has 2 saturated heterocycles. The molecule has 2 rings (SSSR count). The molecular formula is C54H101NO13. The molecule has 2 aliphatic heterocycles. The average Bonchev–Trinajstić information content (AvgIpc) is 3.34. The number of hydrogen-bond donors (Lipinski definition) is 9. The number of ether oxygens (including phenoxy) is 4. The molecule has 0 aliphatic carbocycles. The van der Waals surface area contributed by atoms with Crippen molar-refractivity contribution in [1.29, 1.82) is 0 Å².